The van der Waals surface area contributed by atoms with E-state index in [0.717, 1.165) is 12.1 Å². The molecule has 0 spiro atoms. The van der Waals surface area contributed by atoms with Crippen molar-refractivity contribution in [2.24, 2.45) is 0 Å². The van der Waals surface area contributed by atoms with Crippen LogP contribution in [0.5, 0.6) is 11.5 Å². The SMILES string of the molecule is CC(C)(C)Oc1c(F)ccc(F)c1OC(C)(C)C. The highest BCUT2D eigenvalue weighted by Crippen LogP contribution is 2.37. The highest BCUT2D eigenvalue weighted by molar-refractivity contribution is 5.43. The molecular weight excluding hydrogens is 238 g/mol. The van der Waals surface area contributed by atoms with Gasteiger partial charge in [0.2, 0.25) is 11.5 Å². The van der Waals surface area contributed by atoms with E-state index in [9.17, 15) is 8.78 Å². The summed E-state index contributed by atoms with van der Waals surface area (Å²) in [4.78, 5) is 0. The summed E-state index contributed by atoms with van der Waals surface area (Å²) in [5, 5.41) is 0. The predicted molar refractivity (Wildman–Crippen MR) is 67.1 cm³/mol. The molecule has 0 aliphatic heterocycles. The highest BCUT2D eigenvalue weighted by atomic mass is 19.1. The smallest absolute Gasteiger partial charge is 0.200 e. The molecule has 4 heteroatoms. The zero-order chi connectivity index (χ0) is 14.1. The molecule has 0 fully saturated rings. The van der Waals surface area contributed by atoms with Crippen molar-refractivity contribution in [3.63, 3.8) is 0 Å². The molecule has 1 aromatic rings. The molecule has 0 aliphatic carbocycles. The van der Waals surface area contributed by atoms with Crippen molar-refractivity contribution in [2.45, 2.75) is 52.7 Å². The molecule has 0 radical (unpaired) electrons. The molecule has 0 aromatic heterocycles. The Morgan fingerprint density at radius 1 is 0.722 bits per heavy atom. The summed E-state index contributed by atoms with van der Waals surface area (Å²) >= 11 is 0. The molecule has 18 heavy (non-hydrogen) atoms. The van der Waals surface area contributed by atoms with Gasteiger partial charge in [0.1, 0.15) is 11.2 Å². The molecule has 0 saturated carbocycles. The number of hydrogen-bond acceptors (Lipinski definition) is 2. The zero-order valence-corrected chi connectivity index (χ0v) is 11.7. The van der Waals surface area contributed by atoms with Crippen LogP contribution in [0, 0.1) is 11.6 Å². The molecule has 0 heterocycles. The van der Waals surface area contributed by atoms with E-state index in [1.807, 2.05) is 0 Å². The molecule has 0 saturated heterocycles. The van der Waals surface area contributed by atoms with Crippen LogP contribution in [0.1, 0.15) is 41.5 Å². The molecule has 1 rings (SSSR count). The molecule has 0 N–H and O–H groups in total. The Hall–Kier alpha value is -1.32. The van der Waals surface area contributed by atoms with Gasteiger partial charge in [0.05, 0.1) is 0 Å². The van der Waals surface area contributed by atoms with Crippen molar-refractivity contribution in [1.29, 1.82) is 0 Å². The molecule has 0 atom stereocenters. The van der Waals surface area contributed by atoms with E-state index in [4.69, 9.17) is 9.47 Å². The van der Waals surface area contributed by atoms with E-state index in [0.29, 0.717) is 0 Å². The number of benzene rings is 1. The van der Waals surface area contributed by atoms with Gasteiger partial charge in [0.25, 0.3) is 0 Å². The normalized spacial score (nSPS) is 12.4. The third-order valence-electron chi connectivity index (χ3n) is 1.83. The van der Waals surface area contributed by atoms with Crippen molar-refractivity contribution >= 4 is 0 Å². The summed E-state index contributed by atoms with van der Waals surface area (Å²) in [7, 11) is 0. The third-order valence-corrected chi connectivity index (χ3v) is 1.83. The van der Waals surface area contributed by atoms with Crippen molar-refractivity contribution < 1.29 is 18.3 Å². The Morgan fingerprint density at radius 2 is 1.00 bits per heavy atom. The zero-order valence-electron chi connectivity index (χ0n) is 11.7. The average Bonchev–Trinajstić information content (AvgIpc) is 2.14. The fourth-order valence-corrected chi connectivity index (χ4v) is 1.32. The first kappa shape index (κ1) is 14.7. The van der Waals surface area contributed by atoms with Gasteiger partial charge in [-0.1, -0.05) is 0 Å². The summed E-state index contributed by atoms with van der Waals surface area (Å²) in [5.74, 6) is -1.63. The van der Waals surface area contributed by atoms with Crippen LogP contribution >= 0.6 is 0 Å². The van der Waals surface area contributed by atoms with Gasteiger partial charge in [-0.3, -0.25) is 0 Å². The monoisotopic (exact) mass is 258 g/mol. The van der Waals surface area contributed by atoms with E-state index in [1.165, 1.54) is 0 Å². The first-order chi connectivity index (χ1) is 7.99. The fourth-order valence-electron chi connectivity index (χ4n) is 1.32. The Kier molecular flexibility index (Phi) is 3.89. The van der Waals surface area contributed by atoms with Crippen molar-refractivity contribution in [3.8, 4) is 11.5 Å². The maximum absolute atomic E-state index is 13.8. The van der Waals surface area contributed by atoms with Gasteiger partial charge in [0, 0.05) is 0 Å². The van der Waals surface area contributed by atoms with Crippen LogP contribution in [0.25, 0.3) is 0 Å². The van der Waals surface area contributed by atoms with Gasteiger partial charge in [-0.25, -0.2) is 8.78 Å². The van der Waals surface area contributed by atoms with E-state index < -0.39 is 22.8 Å². The lowest BCUT2D eigenvalue weighted by Gasteiger charge is -2.27. The largest absolute Gasteiger partial charge is 0.481 e. The summed E-state index contributed by atoms with van der Waals surface area (Å²) in [6.45, 7) is 10.6. The predicted octanol–water partition coefficient (Wildman–Crippen LogP) is 4.32. The van der Waals surface area contributed by atoms with E-state index in [2.05, 4.69) is 0 Å². The van der Waals surface area contributed by atoms with Gasteiger partial charge in [-0.15, -0.1) is 0 Å². The van der Waals surface area contributed by atoms with Crippen LogP contribution in [0.3, 0.4) is 0 Å². The van der Waals surface area contributed by atoms with Crippen molar-refractivity contribution in [3.05, 3.63) is 23.8 Å². The molecule has 102 valence electrons. The molecule has 0 amide bonds. The lowest BCUT2D eigenvalue weighted by atomic mass is 10.1. The lowest BCUT2D eigenvalue weighted by molar-refractivity contribution is 0.0867. The maximum Gasteiger partial charge on any atom is 0.200 e. The van der Waals surface area contributed by atoms with E-state index in [1.54, 1.807) is 41.5 Å². The minimum atomic E-state index is -0.634. The fraction of sp³-hybridized carbons (Fsp3) is 0.571. The van der Waals surface area contributed by atoms with Gasteiger partial charge in [-0.05, 0) is 53.7 Å². The molecule has 0 bridgehead atoms. The first-order valence-electron chi connectivity index (χ1n) is 5.86. The Bertz CT molecular complexity index is 388. The standard InChI is InChI=1S/C14H20F2O2/c1-13(2,3)17-11-9(15)7-8-10(16)12(11)18-14(4,5)6/h7-8H,1-6H3. The molecular formula is C14H20F2O2. The molecule has 1 aromatic carbocycles. The third kappa shape index (κ3) is 4.17. The summed E-state index contributed by atoms with van der Waals surface area (Å²) in [6.07, 6.45) is 0. The number of hydrogen-bond donors (Lipinski definition) is 0. The van der Waals surface area contributed by atoms with Crippen LogP contribution in [-0.2, 0) is 0 Å². The quantitative estimate of drug-likeness (QED) is 0.786. The minimum absolute atomic E-state index is 0.183. The summed E-state index contributed by atoms with van der Waals surface area (Å²) in [5.41, 5.74) is -1.27. The van der Waals surface area contributed by atoms with Crippen molar-refractivity contribution in [2.75, 3.05) is 0 Å². The summed E-state index contributed by atoms with van der Waals surface area (Å²) in [6, 6.07) is 2.07. The molecule has 2 nitrogen and oxygen atoms in total. The number of halogens is 2. The van der Waals surface area contributed by atoms with Gasteiger partial charge >= 0.3 is 0 Å². The minimum Gasteiger partial charge on any atom is -0.481 e. The molecule has 0 aliphatic rings. The Balaban J connectivity index is 3.25. The summed E-state index contributed by atoms with van der Waals surface area (Å²) < 4.78 is 38.4. The van der Waals surface area contributed by atoms with Gasteiger partial charge in [-0.2, -0.15) is 0 Å². The Morgan fingerprint density at radius 3 is 1.22 bits per heavy atom. The van der Waals surface area contributed by atoms with Crippen molar-refractivity contribution in [1.82, 2.24) is 0 Å². The second-order valence-electron chi connectivity index (χ2n) is 6.12. The maximum atomic E-state index is 13.8. The van der Waals surface area contributed by atoms with Gasteiger partial charge in [0.15, 0.2) is 11.6 Å². The first-order valence-corrected chi connectivity index (χ1v) is 5.86. The van der Waals surface area contributed by atoms with Crippen LogP contribution in [-0.4, -0.2) is 11.2 Å². The van der Waals surface area contributed by atoms with E-state index >= 15 is 0 Å². The van der Waals surface area contributed by atoms with Crippen LogP contribution < -0.4 is 9.47 Å². The highest BCUT2D eigenvalue weighted by Gasteiger charge is 2.25. The number of ether oxygens (including phenoxy) is 2. The lowest BCUT2D eigenvalue weighted by Crippen LogP contribution is -2.27. The second-order valence-corrected chi connectivity index (χ2v) is 6.12. The van der Waals surface area contributed by atoms with Crippen LogP contribution in [0.2, 0.25) is 0 Å². The average molecular weight is 258 g/mol. The Labute approximate surface area is 107 Å². The number of rotatable bonds is 2. The van der Waals surface area contributed by atoms with Gasteiger partial charge < -0.3 is 9.47 Å². The van der Waals surface area contributed by atoms with Crippen LogP contribution in [0.4, 0.5) is 8.78 Å². The van der Waals surface area contributed by atoms with E-state index in [-0.39, 0.29) is 11.5 Å². The molecule has 0 unspecified atom stereocenters. The second kappa shape index (κ2) is 4.75. The topological polar surface area (TPSA) is 18.5 Å². The van der Waals surface area contributed by atoms with Crippen LogP contribution in [0.15, 0.2) is 12.1 Å².